The maximum atomic E-state index is 5.43. The second kappa shape index (κ2) is 7.72. The lowest BCUT2D eigenvalue weighted by atomic mass is 10.0. The van der Waals surface area contributed by atoms with Crippen LogP contribution in [-0.4, -0.2) is 32.7 Å². The Bertz CT molecular complexity index is 503. The van der Waals surface area contributed by atoms with Gasteiger partial charge >= 0.3 is 0 Å². The minimum absolute atomic E-state index is 0.349. The predicted molar refractivity (Wildman–Crippen MR) is 88.1 cm³/mol. The number of aliphatic imine (C=N–C) groups is 1. The fraction of sp³-hybridized carbons (Fsp3) is 0.471. The lowest BCUT2D eigenvalue weighted by Crippen LogP contribution is -2.43. The molecule has 0 radical (unpaired) electrons. The second-order valence-electron chi connectivity index (χ2n) is 5.38. The van der Waals surface area contributed by atoms with Gasteiger partial charge in [-0.05, 0) is 24.5 Å². The number of guanidine groups is 1. The smallest absolute Gasteiger partial charge is 0.191 e. The van der Waals surface area contributed by atoms with Crippen molar-refractivity contribution >= 4 is 5.96 Å². The van der Waals surface area contributed by atoms with Crippen molar-refractivity contribution in [3.8, 4) is 5.75 Å². The summed E-state index contributed by atoms with van der Waals surface area (Å²) in [7, 11) is 3.53. The van der Waals surface area contributed by atoms with Crippen molar-refractivity contribution in [3.63, 3.8) is 0 Å². The lowest BCUT2D eigenvalue weighted by Gasteiger charge is -2.20. The van der Waals surface area contributed by atoms with Crippen LogP contribution >= 0.6 is 0 Å². The van der Waals surface area contributed by atoms with Crippen molar-refractivity contribution in [2.24, 2.45) is 4.99 Å². The maximum Gasteiger partial charge on any atom is 0.191 e. The molecule has 1 unspecified atom stereocenters. The molecule has 0 fully saturated rings. The summed E-state index contributed by atoms with van der Waals surface area (Å²) >= 11 is 0. The van der Waals surface area contributed by atoms with Gasteiger partial charge in [-0.2, -0.15) is 0 Å². The molecule has 0 saturated carbocycles. The lowest BCUT2D eigenvalue weighted by molar-refractivity contribution is 0.406. The zero-order chi connectivity index (χ0) is 15.1. The first kappa shape index (κ1) is 15.4. The first-order valence-electron chi connectivity index (χ1n) is 7.49. The van der Waals surface area contributed by atoms with E-state index in [4.69, 9.17) is 4.74 Å². The van der Waals surface area contributed by atoms with Crippen LogP contribution in [0.3, 0.4) is 0 Å². The molecule has 2 rings (SSSR count). The number of methoxy groups -OCH3 is 1. The Kier molecular flexibility index (Phi) is 5.67. The third-order valence-corrected chi connectivity index (χ3v) is 3.82. The van der Waals surface area contributed by atoms with Crippen molar-refractivity contribution < 1.29 is 4.74 Å². The Morgan fingerprint density at radius 1 is 1.33 bits per heavy atom. The Hall–Kier alpha value is -1.97. The quantitative estimate of drug-likeness (QED) is 0.497. The summed E-state index contributed by atoms with van der Waals surface area (Å²) in [4.78, 5) is 4.30. The number of nitrogens with one attached hydrogen (secondary N) is 2. The summed E-state index contributed by atoms with van der Waals surface area (Å²) in [5.41, 5.74) is 1.21. The van der Waals surface area contributed by atoms with Crippen molar-refractivity contribution in [1.82, 2.24) is 10.6 Å². The fourth-order valence-electron chi connectivity index (χ4n) is 2.56. The number of benzene rings is 1. The highest BCUT2D eigenvalue weighted by atomic mass is 16.5. The largest absolute Gasteiger partial charge is 0.496 e. The predicted octanol–water partition coefficient (Wildman–Crippen LogP) is 2.68. The van der Waals surface area contributed by atoms with Crippen LogP contribution in [-0.2, 0) is 0 Å². The normalized spacial score (nSPS) is 16.8. The van der Waals surface area contributed by atoms with Gasteiger partial charge in [-0.3, -0.25) is 4.99 Å². The molecule has 0 saturated heterocycles. The van der Waals surface area contributed by atoms with Crippen LogP contribution in [0.15, 0.2) is 41.4 Å². The molecule has 4 heteroatoms. The van der Waals surface area contributed by atoms with Gasteiger partial charge in [0.25, 0.3) is 0 Å². The van der Waals surface area contributed by atoms with Crippen LogP contribution in [0.4, 0.5) is 0 Å². The third kappa shape index (κ3) is 4.25. The van der Waals surface area contributed by atoms with Crippen LogP contribution in [0.2, 0.25) is 0 Å². The van der Waals surface area contributed by atoms with Crippen LogP contribution < -0.4 is 15.4 Å². The summed E-state index contributed by atoms with van der Waals surface area (Å²) < 4.78 is 5.43. The van der Waals surface area contributed by atoms with Crippen molar-refractivity contribution in [2.75, 3.05) is 20.7 Å². The molecule has 0 bridgehead atoms. The minimum Gasteiger partial charge on any atom is -0.496 e. The van der Waals surface area contributed by atoms with E-state index in [9.17, 15) is 0 Å². The minimum atomic E-state index is 0.349. The van der Waals surface area contributed by atoms with Crippen molar-refractivity contribution in [1.29, 1.82) is 0 Å². The number of ether oxygens (including phenoxy) is 1. The average Bonchev–Trinajstić information content (AvgIpc) is 3.04. The van der Waals surface area contributed by atoms with Gasteiger partial charge in [0, 0.05) is 25.6 Å². The molecular formula is C17H25N3O. The van der Waals surface area contributed by atoms with Gasteiger partial charge in [-0.15, -0.1) is 0 Å². The fourth-order valence-corrected chi connectivity index (χ4v) is 2.56. The molecule has 1 aromatic rings. The molecule has 0 amide bonds. The zero-order valence-corrected chi connectivity index (χ0v) is 13.1. The van der Waals surface area contributed by atoms with Crippen LogP contribution in [0, 0.1) is 0 Å². The van der Waals surface area contributed by atoms with E-state index in [1.807, 2.05) is 25.2 Å². The van der Waals surface area contributed by atoms with Gasteiger partial charge in [0.05, 0.1) is 7.11 Å². The van der Waals surface area contributed by atoms with E-state index in [1.54, 1.807) is 7.11 Å². The molecule has 1 atom stereocenters. The first-order chi connectivity index (χ1) is 10.2. The third-order valence-electron chi connectivity index (χ3n) is 3.82. The summed E-state index contributed by atoms with van der Waals surface area (Å²) in [5.74, 6) is 2.15. The number of para-hydroxylation sites is 1. The van der Waals surface area contributed by atoms with E-state index in [0.717, 1.165) is 31.1 Å². The summed E-state index contributed by atoms with van der Waals surface area (Å²) in [5, 5.41) is 6.85. The molecule has 21 heavy (non-hydrogen) atoms. The van der Waals surface area contributed by atoms with E-state index < -0.39 is 0 Å². The molecule has 0 spiro atoms. The molecule has 4 nitrogen and oxygen atoms in total. The topological polar surface area (TPSA) is 45.7 Å². The van der Waals surface area contributed by atoms with Gasteiger partial charge in [0.2, 0.25) is 0 Å². The van der Waals surface area contributed by atoms with E-state index >= 15 is 0 Å². The average molecular weight is 287 g/mol. The van der Waals surface area contributed by atoms with Crippen LogP contribution in [0.5, 0.6) is 5.75 Å². The van der Waals surface area contributed by atoms with Crippen molar-refractivity contribution in [2.45, 2.75) is 31.7 Å². The van der Waals surface area contributed by atoms with E-state index in [2.05, 4.69) is 40.8 Å². The summed E-state index contributed by atoms with van der Waals surface area (Å²) in [6.45, 7) is 3.01. The molecule has 2 N–H and O–H groups in total. The van der Waals surface area contributed by atoms with Crippen LogP contribution in [0.25, 0.3) is 0 Å². The van der Waals surface area contributed by atoms with Gasteiger partial charge in [-0.1, -0.05) is 37.3 Å². The van der Waals surface area contributed by atoms with Crippen LogP contribution in [0.1, 0.15) is 31.2 Å². The summed E-state index contributed by atoms with van der Waals surface area (Å²) in [6, 6.07) is 8.63. The highest BCUT2D eigenvalue weighted by molar-refractivity contribution is 5.80. The van der Waals surface area contributed by atoms with Gasteiger partial charge in [-0.25, -0.2) is 0 Å². The Morgan fingerprint density at radius 2 is 2.05 bits per heavy atom. The van der Waals surface area contributed by atoms with Gasteiger partial charge < -0.3 is 15.4 Å². The van der Waals surface area contributed by atoms with E-state index in [1.165, 1.54) is 5.56 Å². The molecular weight excluding hydrogens is 262 g/mol. The highest BCUT2D eigenvalue weighted by Crippen LogP contribution is 2.25. The number of hydrogen-bond acceptors (Lipinski definition) is 2. The Labute approximate surface area is 127 Å². The second-order valence-corrected chi connectivity index (χ2v) is 5.38. The first-order valence-corrected chi connectivity index (χ1v) is 7.49. The SMILES string of the molecule is CN=C(NCC(C)c1ccccc1OC)NC1CC=CC1. The number of rotatable bonds is 5. The molecule has 1 aromatic carbocycles. The summed E-state index contributed by atoms with van der Waals surface area (Å²) in [6.07, 6.45) is 6.57. The molecule has 0 aliphatic heterocycles. The highest BCUT2D eigenvalue weighted by Gasteiger charge is 2.14. The Morgan fingerprint density at radius 3 is 2.71 bits per heavy atom. The molecule has 0 aromatic heterocycles. The standard InChI is InChI=1S/C17H25N3O/c1-13(15-10-6-7-11-16(15)21-3)12-19-17(18-2)20-14-8-4-5-9-14/h4-7,10-11,13-14H,8-9,12H2,1-3H3,(H2,18,19,20). The van der Waals surface area contributed by atoms with Crippen molar-refractivity contribution in [3.05, 3.63) is 42.0 Å². The molecule has 114 valence electrons. The number of hydrogen-bond donors (Lipinski definition) is 2. The number of nitrogens with zero attached hydrogens (tertiary/aromatic N) is 1. The van der Waals surface area contributed by atoms with E-state index in [-0.39, 0.29) is 0 Å². The van der Waals surface area contributed by atoms with Gasteiger partial charge in [0.15, 0.2) is 5.96 Å². The maximum absolute atomic E-state index is 5.43. The van der Waals surface area contributed by atoms with E-state index in [0.29, 0.717) is 12.0 Å². The molecule has 1 aliphatic carbocycles. The monoisotopic (exact) mass is 287 g/mol. The van der Waals surface area contributed by atoms with Gasteiger partial charge in [0.1, 0.15) is 5.75 Å². The Balaban J connectivity index is 1.88. The zero-order valence-electron chi connectivity index (χ0n) is 13.1. The molecule has 0 heterocycles. The molecule has 1 aliphatic rings.